The number of halogens is 1. The van der Waals surface area contributed by atoms with Crippen molar-refractivity contribution < 1.29 is 4.79 Å². The molecule has 5 nitrogen and oxygen atoms in total. The largest absolute Gasteiger partial charge is 0.378 e. The zero-order chi connectivity index (χ0) is 17.4. The molecule has 2 aromatic heterocycles. The highest BCUT2D eigenvalue weighted by atomic mass is 79.9. The molecule has 0 unspecified atom stereocenters. The first-order valence-corrected chi connectivity index (χ1v) is 8.39. The van der Waals surface area contributed by atoms with E-state index in [2.05, 4.69) is 26.2 Å². The van der Waals surface area contributed by atoms with Gasteiger partial charge in [-0.25, -0.2) is 4.98 Å². The first-order chi connectivity index (χ1) is 11.4. The Balaban J connectivity index is 1.95. The van der Waals surface area contributed by atoms with Crippen LogP contribution in [-0.2, 0) is 0 Å². The molecule has 24 heavy (non-hydrogen) atoms. The summed E-state index contributed by atoms with van der Waals surface area (Å²) in [6.45, 7) is 3.83. The summed E-state index contributed by atoms with van der Waals surface area (Å²) < 4.78 is 2.71. The highest BCUT2D eigenvalue weighted by Crippen LogP contribution is 2.23. The minimum Gasteiger partial charge on any atom is -0.378 e. The average Bonchev–Trinajstić information content (AvgIpc) is 2.84. The second kappa shape index (κ2) is 6.28. The number of carbonyl (C=O) groups is 1. The van der Waals surface area contributed by atoms with Crippen LogP contribution >= 0.6 is 15.9 Å². The number of carbonyl (C=O) groups excluding carboxylic acids is 1. The number of nitrogens with one attached hydrogen (secondary N) is 1. The minimum absolute atomic E-state index is 0.171. The minimum atomic E-state index is -0.171. The predicted octanol–water partition coefficient (Wildman–Crippen LogP) is 4.03. The summed E-state index contributed by atoms with van der Waals surface area (Å²) in [5, 5.41) is 2.95. The third-order valence-corrected chi connectivity index (χ3v) is 4.43. The molecule has 6 heteroatoms. The van der Waals surface area contributed by atoms with Crippen molar-refractivity contribution in [3.8, 4) is 0 Å². The molecule has 0 aliphatic heterocycles. The highest BCUT2D eigenvalue weighted by molar-refractivity contribution is 9.10. The second-order valence-electron chi connectivity index (χ2n) is 6.00. The lowest BCUT2D eigenvalue weighted by Gasteiger charge is -2.13. The van der Waals surface area contributed by atoms with Gasteiger partial charge in [0.05, 0.1) is 10.2 Å². The fraction of sp³-hybridized carbons (Fsp3) is 0.222. The van der Waals surface area contributed by atoms with Gasteiger partial charge >= 0.3 is 0 Å². The quantitative estimate of drug-likeness (QED) is 0.738. The van der Waals surface area contributed by atoms with Crippen LogP contribution in [0.15, 0.2) is 41.0 Å². The number of pyridine rings is 1. The van der Waals surface area contributed by atoms with Crippen LogP contribution in [0.3, 0.4) is 0 Å². The van der Waals surface area contributed by atoms with E-state index in [0.29, 0.717) is 11.4 Å². The van der Waals surface area contributed by atoms with Crippen molar-refractivity contribution in [3.05, 3.63) is 58.0 Å². The predicted molar refractivity (Wildman–Crippen MR) is 101 cm³/mol. The second-order valence-corrected chi connectivity index (χ2v) is 6.85. The maximum Gasteiger partial charge on any atom is 0.274 e. The molecule has 0 aliphatic carbocycles. The van der Waals surface area contributed by atoms with Crippen LogP contribution in [-0.4, -0.2) is 29.4 Å². The van der Waals surface area contributed by atoms with Gasteiger partial charge in [0, 0.05) is 31.7 Å². The molecule has 3 aromatic rings. The van der Waals surface area contributed by atoms with E-state index >= 15 is 0 Å². The molecule has 2 heterocycles. The Bertz CT molecular complexity index is 913. The van der Waals surface area contributed by atoms with E-state index in [0.717, 1.165) is 27.1 Å². The van der Waals surface area contributed by atoms with Crippen molar-refractivity contribution in [2.45, 2.75) is 13.8 Å². The molecule has 0 radical (unpaired) electrons. The topological polar surface area (TPSA) is 49.6 Å². The van der Waals surface area contributed by atoms with E-state index < -0.39 is 0 Å². The summed E-state index contributed by atoms with van der Waals surface area (Å²) in [5.41, 5.74) is 4.88. The van der Waals surface area contributed by atoms with Crippen molar-refractivity contribution in [2.24, 2.45) is 0 Å². The Hall–Kier alpha value is -2.34. The van der Waals surface area contributed by atoms with Crippen LogP contribution in [0.5, 0.6) is 0 Å². The van der Waals surface area contributed by atoms with Gasteiger partial charge in [-0.15, -0.1) is 0 Å². The Morgan fingerprint density at radius 1 is 1.21 bits per heavy atom. The van der Waals surface area contributed by atoms with Crippen LogP contribution in [0.4, 0.5) is 11.4 Å². The van der Waals surface area contributed by atoms with Crippen molar-refractivity contribution in [3.63, 3.8) is 0 Å². The number of aromatic nitrogens is 2. The molecule has 1 amide bonds. The van der Waals surface area contributed by atoms with Crippen molar-refractivity contribution in [2.75, 3.05) is 24.3 Å². The normalized spacial score (nSPS) is 10.9. The van der Waals surface area contributed by atoms with E-state index in [1.54, 1.807) is 0 Å². The van der Waals surface area contributed by atoms with Crippen LogP contribution < -0.4 is 10.2 Å². The SMILES string of the molecule is Cc1cc(Br)c2nc(C)c(C(=O)Nc3ccc(N(C)C)cc3)n2c1. The Morgan fingerprint density at radius 2 is 1.88 bits per heavy atom. The highest BCUT2D eigenvalue weighted by Gasteiger charge is 2.18. The summed E-state index contributed by atoms with van der Waals surface area (Å²) in [6, 6.07) is 9.72. The van der Waals surface area contributed by atoms with Gasteiger partial charge in [0.2, 0.25) is 0 Å². The fourth-order valence-corrected chi connectivity index (χ4v) is 3.29. The maximum atomic E-state index is 12.8. The number of hydrogen-bond donors (Lipinski definition) is 1. The summed E-state index contributed by atoms with van der Waals surface area (Å²) in [7, 11) is 3.96. The van der Waals surface area contributed by atoms with Crippen molar-refractivity contribution in [1.82, 2.24) is 9.38 Å². The van der Waals surface area contributed by atoms with Gasteiger partial charge in [0.1, 0.15) is 5.69 Å². The van der Waals surface area contributed by atoms with E-state index in [1.807, 2.05) is 73.8 Å². The van der Waals surface area contributed by atoms with Crippen LogP contribution in [0.2, 0.25) is 0 Å². The van der Waals surface area contributed by atoms with Gasteiger partial charge in [-0.3, -0.25) is 9.20 Å². The number of rotatable bonds is 3. The molecule has 0 saturated carbocycles. The van der Waals surface area contributed by atoms with Gasteiger partial charge < -0.3 is 10.2 Å². The molecular weight excluding hydrogens is 368 g/mol. The third kappa shape index (κ3) is 3.01. The summed E-state index contributed by atoms with van der Waals surface area (Å²) >= 11 is 3.51. The molecule has 3 rings (SSSR count). The number of fused-ring (bicyclic) bond motifs is 1. The standard InChI is InChI=1S/C18H19BrN4O/c1-11-9-15(19)17-20-12(2)16(23(17)10-11)18(24)21-13-5-7-14(8-6-13)22(3)4/h5-10H,1-4H3,(H,21,24). The number of hydrogen-bond acceptors (Lipinski definition) is 3. The zero-order valence-electron chi connectivity index (χ0n) is 14.1. The lowest BCUT2D eigenvalue weighted by Crippen LogP contribution is -2.16. The van der Waals surface area contributed by atoms with Crippen LogP contribution in [0.1, 0.15) is 21.7 Å². The number of benzene rings is 1. The smallest absolute Gasteiger partial charge is 0.274 e. The van der Waals surface area contributed by atoms with E-state index in [-0.39, 0.29) is 5.91 Å². The van der Waals surface area contributed by atoms with Crippen LogP contribution in [0.25, 0.3) is 5.65 Å². The maximum absolute atomic E-state index is 12.8. The Morgan fingerprint density at radius 3 is 2.50 bits per heavy atom. The average molecular weight is 387 g/mol. The first kappa shape index (κ1) is 16.5. The third-order valence-electron chi connectivity index (χ3n) is 3.84. The molecule has 0 aliphatic rings. The monoisotopic (exact) mass is 386 g/mol. The Labute approximate surface area is 149 Å². The first-order valence-electron chi connectivity index (χ1n) is 7.60. The zero-order valence-corrected chi connectivity index (χ0v) is 15.7. The lowest BCUT2D eigenvalue weighted by molar-refractivity contribution is 0.102. The number of nitrogens with zero attached hydrogens (tertiary/aromatic N) is 3. The van der Waals surface area contributed by atoms with Gasteiger partial charge in [-0.05, 0) is 65.7 Å². The Kier molecular flexibility index (Phi) is 4.32. The molecule has 0 bridgehead atoms. The van der Waals surface area contributed by atoms with Gasteiger partial charge in [-0.2, -0.15) is 0 Å². The molecule has 0 fully saturated rings. The molecule has 0 spiro atoms. The number of imidazole rings is 1. The molecule has 0 saturated heterocycles. The molecule has 1 N–H and O–H groups in total. The summed E-state index contributed by atoms with van der Waals surface area (Å²) in [4.78, 5) is 19.3. The molecule has 1 aromatic carbocycles. The van der Waals surface area contributed by atoms with Gasteiger partial charge in [0.25, 0.3) is 5.91 Å². The molecule has 0 atom stereocenters. The number of aryl methyl sites for hydroxylation is 2. The van der Waals surface area contributed by atoms with E-state index in [9.17, 15) is 4.79 Å². The van der Waals surface area contributed by atoms with Crippen molar-refractivity contribution >= 4 is 38.9 Å². The van der Waals surface area contributed by atoms with E-state index in [1.165, 1.54) is 0 Å². The van der Waals surface area contributed by atoms with Gasteiger partial charge in [-0.1, -0.05) is 0 Å². The van der Waals surface area contributed by atoms with Gasteiger partial charge in [0.15, 0.2) is 5.65 Å². The fourth-order valence-electron chi connectivity index (χ4n) is 2.65. The summed E-state index contributed by atoms with van der Waals surface area (Å²) in [5.74, 6) is -0.171. The number of amides is 1. The van der Waals surface area contributed by atoms with Crippen LogP contribution in [0, 0.1) is 13.8 Å². The molecule has 124 valence electrons. The lowest BCUT2D eigenvalue weighted by atomic mass is 10.2. The van der Waals surface area contributed by atoms with Crippen molar-refractivity contribution in [1.29, 1.82) is 0 Å². The van der Waals surface area contributed by atoms with E-state index in [4.69, 9.17) is 0 Å². The summed E-state index contributed by atoms with van der Waals surface area (Å²) in [6.07, 6.45) is 1.92. The number of anilines is 2. The molecular formula is C18H19BrN4O.